The zero-order valence-corrected chi connectivity index (χ0v) is 23.5. The number of hydrogen-bond donors (Lipinski definition) is 1. The molecule has 2 rings (SSSR count). The summed E-state index contributed by atoms with van der Waals surface area (Å²) in [6.45, 7) is 6.48. The Morgan fingerprint density at radius 2 is 1.71 bits per heavy atom. The van der Waals surface area contributed by atoms with Gasteiger partial charge in [-0.1, -0.05) is 49.7 Å². The lowest BCUT2D eigenvalue weighted by Crippen LogP contribution is -2.53. The van der Waals surface area contributed by atoms with E-state index < -0.39 is 51.2 Å². The number of amides is 2. The fourth-order valence-electron chi connectivity index (χ4n) is 3.83. The molecule has 0 aliphatic carbocycles. The van der Waals surface area contributed by atoms with Crippen LogP contribution in [-0.4, -0.2) is 50.0 Å². The highest BCUT2D eigenvalue weighted by Crippen LogP contribution is 2.37. The summed E-state index contributed by atoms with van der Waals surface area (Å²) in [6.07, 6.45) is -3.15. The third-order valence-corrected chi connectivity index (χ3v) is 7.68. The van der Waals surface area contributed by atoms with E-state index >= 15 is 0 Å². The van der Waals surface area contributed by atoms with Crippen molar-refractivity contribution in [3.8, 4) is 0 Å². The van der Waals surface area contributed by atoms with Gasteiger partial charge in [-0.15, -0.1) is 0 Å². The van der Waals surface area contributed by atoms with Gasteiger partial charge in [-0.05, 0) is 56.0 Å². The van der Waals surface area contributed by atoms with E-state index in [4.69, 9.17) is 11.6 Å². The molecular weight excluding hydrogens is 543 g/mol. The van der Waals surface area contributed by atoms with Gasteiger partial charge in [0, 0.05) is 12.6 Å². The molecule has 0 saturated heterocycles. The maximum absolute atomic E-state index is 13.7. The largest absolute Gasteiger partial charge is 0.417 e. The van der Waals surface area contributed by atoms with Crippen LogP contribution in [0.3, 0.4) is 0 Å². The summed E-state index contributed by atoms with van der Waals surface area (Å²) in [4.78, 5) is 28.1. The summed E-state index contributed by atoms with van der Waals surface area (Å²) in [6, 6.07) is 8.76. The fourth-order valence-corrected chi connectivity index (χ4v) is 4.90. The standard InChI is InChI=1S/C26H33ClF3N3O4S/c1-6-18(4)31-25(35)23(7-2)32(15-19-11-9-8-10-17(19)3)24(34)16-33(38(5,36)37)20-12-13-22(27)21(14-20)26(28,29)30/h8-14,18,23H,6-7,15-16H2,1-5H3,(H,31,35)/t18-,23+/m1/s1. The Balaban J connectivity index is 2.54. The molecule has 210 valence electrons. The third-order valence-electron chi connectivity index (χ3n) is 6.21. The number of sulfonamides is 1. The van der Waals surface area contributed by atoms with E-state index in [0.29, 0.717) is 16.8 Å². The zero-order valence-electron chi connectivity index (χ0n) is 22.0. The molecule has 1 N–H and O–H groups in total. The lowest BCUT2D eigenvalue weighted by Gasteiger charge is -2.33. The molecule has 0 fully saturated rings. The number of benzene rings is 2. The highest BCUT2D eigenvalue weighted by molar-refractivity contribution is 7.92. The van der Waals surface area contributed by atoms with Crippen molar-refractivity contribution in [2.45, 2.75) is 65.3 Å². The van der Waals surface area contributed by atoms with Crippen LogP contribution in [0.15, 0.2) is 42.5 Å². The van der Waals surface area contributed by atoms with Gasteiger partial charge in [-0.2, -0.15) is 13.2 Å². The fraction of sp³-hybridized carbons (Fsp3) is 0.462. The summed E-state index contributed by atoms with van der Waals surface area (Å²) in [7, 11) is -4.20. The summed E-state index contributed by atoms with van der Waals surface area (Å²) >= 11 is 5.70. The maximum Gasteiger partial charge on any atom is 0.417 e. The molecule has 2 amide bonds. The summed E-state index contributed by atoms with van der Waals surface area (Å²) in [5.41, 5.74) is 0.00166. The van der Waals surface area contributed by atoms with E-state index in [-0.39, 0.29) is 24.7 Å². The molecule has 2 aromatic carbocycles. The van der Waals surface area contributed by atoms with Crippen LogP contribution in [0.2, 0.25) is 5.02 Å². The molecule has 0 saturated carbocycles. The van der Waals surface area contributed by atoms with Gasteiger partial charge >= 0.3 is 6.18 Å². The van der Waals surface area contributed by atoms with Gasteiger partial charge in [0.1, 0.15) is 12.6 Å². The van der Waals surface area contributed by atoms with Crippen molar-refractivity contribution in [2.24, 2.45) is 0 Å². The van der Waals surface area contributed by atoms with Crippen molar-refractivity contribution in [1.82, 2.24) is 10.2 Å². The van der Waals surface area contributed by atoms with Gasteiger partial charge in [0.05, 0.1) is 22.5 Å². The molecule has 0 radical (unpaired) electrons. The molecule has 0 aromatic heterocycles. The third kappa shape index (κ3) is 8.10. The van der Waals surface area contributed by atoms with E-state index in [2.05, 4.69) is 5.32 Å². The van der Waals surface area contributed by atoms with E-state index in [1.807, 2.05) is 32.9 Å². The average Bonchev–Trinajstić information content (AvgIpc) is 2.82. The second-order valence-electron chi connectivity index (χ2n) is 9.12. The number of rotatable bonds is 11. The van der Waals surface area contributed by atoms with E-state index in [0.717, 1.165) is 29.5 Å². The second-order valence-corrected chi connectivity index (χ2v) is 11.4. The second kappa shape index (κ2) is 12.8. The molecule has 7 nitrogen and oxygen atoms in total. The maximum atomic E-state index is 13.7. The van der Waals surface area contributed by atoms with Crippen molar-refractivity contribution in [1.29, 1.82) is 0 Å². The first-order chi connectivity index (χ1) is 17.6. The smallest absolute Gasteiger partial charge is 0.352 e. The van der Waals surface area contributed by atoms with Gasteiger partial charge in [-0.25, -0.2) is 8.42 Å². The van der Waals surface area contributed by atoms with Crippen molar-refractivity contribution in [3.05, 3.63) is 64.2 Å². The Morgan fingerprint density at radius 3 is 2.24 bits per heavy atom. The van der Waals surface area contributed by atoms with Gasteiger partial charge in [0.25, 0.3) is 0 Å². The monoisotopic (exact) mass is 575 g/mol. The van der Waals surface area contributed by atoms with Crippen LogP contribution in [0, 0.1) is 6.92 Å². The van der Waals surface area contributed by atoms with Crippen molar-refractivity contribution in [3.63, 3.8) is 0 Å². The lowest BCUT2D eigenvalue weighted by atomic mass is 10.1. The first-order valence-electron chi connectivity index (χ1n) is 12.1. The molecule has 2 atom stereocenters. The number of nitrogens with one attached hydrogen (secondary N) is 1. The molecule has 38 heavy (non-hydrogen) atoms. The normalized spacial score (nSPS) is 13.5. The molecule has 0 aliphatic rings. The van der Waals surface area contributed by atoms with Crippen LogP contribution >= 0.6 is 11.6 Å². The molecular formula is C26H33ClF3N3O4S. The minimum atomic E-state index is -4.83. The highest BCUT2D eigenvalue weighted by Gasteiger charge is 2.36. The Kier molecular flexibility index (Phi) is 10.6. The zero-order chi connectivity index (χ0) is 28.8. The lowest BCUT2D eigenvalue weighted by molar-refractivity contribution is -0.140. The van der Waals surface area contributed by atoms with Crippen molar-refractivity contribution >= 4 is 39.1 Å². The van der Waals surface area contributed by atoms with E-state index in [1.165, 1.54) is 4.90 Å². The van der Waals surface area contributed by atoms with E-state index in [1.54, 1.807) is 19.1 Å². The van der Waals surface area contributed by atoms with Crippen molar-refractivity contribution < 1.29 is 31.2 Å². The Hall–Kier alpha value is -2.79. The van der Waals surface area contributed by atoms with Crippen LogP contribution in [0.4, 0.5) is 18.9 Å². The molecule has 0 aliphatic heterocycles. The molecule has 0 spiro atoms. The summed E-state index contributed by atoms with van der Waals surface area (Å²) in [5, 5.41) is 2.26. The first-order valence-corrected chi connectivity index (χ1v) is 14.3. The van der Waals surface area contributed by atoms with Crippen LogP contribution in [0.1, 0.15) is 50.3 Å². The Bertz CT molecular complexity index is 1250. The number of anilines is 1. The predicted molar refractivity (Wildman–Crippen MR) is 142 cm³/mol. The Labute approximate surface area is 227 Å². The molecule has 0 unspecified atom stereocenters. The number of aryl methyl sites for hydroxylation is 1. The first kappa shape index (κ1) is 31.4. The molecule has 2 aromatic rings. The van der Waals surface area contributed by atoms with Crippen LogP contribution < -0.4 is 9.62 Å². The minimum Gasteiger partial charge on any atom is -0.352 e. The van der Waals surface area contributed by atoms with Gasteiger partial charge in [0.2, 0.25) is 21.8 Å². The number of halogens is 4. The highest BCUT2D eigenvalue weighted by atomic mass is 35.5. The average molecular weight is 576 g/mol. The quantitative estimate of drug-likeness (QED) is 0.401. The Morgan fingerprint density at radius 1 is 1.08 bits per heavy atom. The van der Waals surface area contributed by atoms with E-state index in [9.17, 15) is 31.2 Å². The number of alkyl halides is 3. The van der Waals surface area contributed by atoms with Gasteiger partial charge in [0.15, 0.2) is 0 Å². The van der Waals surface area contributed by atoms with Gasteiger partial charge in [-0.3, -0.25) is 13.9 Å². The molecule has 0 bridgehead atoms. The number of nitrogens with zero attached hydrogens (tertiary/aromatic N) is 2. The van der Waals surface area contributed by atoms with Crippen LogP contribution in [0.25, 0.3) is 0 Å². The molecule has 0 heterocycles. The number of carbonyl (C=O) groups is 2. The predicted octanol–water partition coefficient (Wildman–Crippen LogP) is 5.16. The summed E-state index contributed by atoms with van der Waals surface area (Å²) < 4.78 is 66.3. The topological polar surface area (TPSA) is 86.8 Å². The number of hydrogen-bond acceptors (Lipinski definition) is 4. The number of carbonyl (C=O) groups excluding carboxylic acids is 2. The van der Waals surface area contributed by atoms with Crippen LogP contribution in [-0.2, 0) is 32.3 Å². The molecule has 12 heteroatoms. The minimum absolute atomic E-state index is 0.00393. The summed E-state index contributed by atoms with van der Waals surface area (Å²) in [5.74, 6) is -1.14. The van der Waals surface area contributed by atoms with Gasteiger partial charge < -0.3 is 10.2 Å². The SMILES string of the molecule is CC[C@@H](C)NC(=O)[C@H](CC)N(Cc1ccccc1C)C(=O)CN(c1ccc(Cl)c(C(F)(F)F)c1)S(C)(=O)=O. The van der Waals surface area contributed by atoms with Crippen molar-refractivity contribution in [2.75, 3.05) is 17.1 Å². The van der Waals surface area contributed by atoms with Crippen LogP contribution in [0.5, 0.6) is 0 Å².